The molecule has 174 valence electrons. The van der Waals surface area contributed by atoms with E-state index >= 15 is 0 Å². The topological polar surface area (TPSA) is 84.5 Å². The van der Waals surface area contributed by atoms with Crippen molar-refractivity contribution in [1.82, 2.24) is 0 Å². The monoisotopic (exact) mass is 478 g/mol. The van der Waals surface area contributed by atoms with Crippen LogP contribution in [0.3, 0.4) is 0 Å². The molecule has 0 spiro atoms. The molecule has 0 saturated carbocycles. The number of hydrogen-bond donors (Lipinski definition) is 2. The smallest absolute Gasteiger partial charge is 0.416 e. The van der Waals surface area contributed by atoms with E-state index in [0.717, 1.165) is 23.3 Å². The van der Waals surface area contributed by atoms with Gasteiger partial charge in [-0.1, -0.05) is 24.3 Å². The lowest BCUT2D eigenvalue weighted by molar-refractivity contribution is -0.137. The normalized spacial score (nSPS) is 11.7. The number of carbonyl (C=O) groups is 1. The van der Waals surface area contributed by atoms with Crippen LogP contribution in [0.2, 0.25) is 0 Å². The summed E-state index contributed by atoms with van der Waals surface area (Å²) in [6, 6.07) is 14.7. The van der Waals surface area contributed by atoms with Gasteiger partial charge in [-0.25, -0.2) is 8.42 Å². The van der Waals surface area contributed by atoms with Crippen molar-refractivity contribution in [1.29, 1.82) is 0 Å². The molecule has 0 heterocycles. The molecule has 0 atom stereocenters. The lowest BCUT2D eigenvalue weighted by atomic mass is 10.1. The highest BCUT2D eigenvalue weighted by Gasteiger charge is 2.30. The summed E-state index contributed by atoms with van der Waals surface area (Å²) in [6.07, 6.45) is -4.59. The van der Waals surface area contributed by atoms with Crippen molar-refractivity contribution in [3.63, 3.8) is 0 Å². The molecule has 6 nitrogen and oxygen atoms in total. The van der Waals surface area contributed by atoms with E-state index in [2.05, 4.69) is 10.0 Å². The number of hydrogen-bond acceptors (Lipinski definition) is 4. The molecule has 33 heavy (non-hydrogen) atoms. The molecule has 0 aromatic heterocycles. The Morgan fingerprint density at radius 1 is 0.939 bits per heavy atom. The molecule has 0 aliphatic heterocycles. The Balaban J connectivity index is 1.63. The molecule has 0 bridgehead atoms. The Hall–Kier alpha value is -3.53. The quantitative estimate of drug-likeness (QED) is 0.493. The largest absolute Gasteiger partial charge is 0.484 e. The second-order valence-electron chi connectivity index (χ2n) is 7.26. The highest BCUT2D eigenvalue weighted by molar-refractivity contribution is 7.92. The molecule has 0 aliphatic rings. The van der Waals surface area contributed by atoms with E-state index in [-0.39, 0.29) is 28.8 Å². The van der Waals surface area contributed by atoms with Gasteiger partial charge in [-0.05, 0) is 67.4 Å². The van der Waals surface area contributed by atoms with Gasteiger partial charge in [0.25, 0.3) is 15.9 Å². The molecule has 2 N–H and O–H groups in total. The Kier molecular flexibility index (Phi) is 6.97. The molecule has 0 aliphatic carbocycles. The zero-order valence-electron chi connectivity index (χ0n) is 17.7. The van der Waals surface area contributed by atoms with Crippen molar-refractivity contribution in [2.75, 3.05) is 16.6 Å². The van der Waals surface area contributed by atoms with Gasteiger partial charge in [0, 0.05) is 11.4 Å². The van der Waals surface area contributed by atoms with Gasteiger partial charge in [-0.3, -0.25) is 9.52 Å². The first kappa shape index (κ1) is 24.1. The summed E-state index contributed by atoms with van der Waals surface area (Å²) in [4.78, 5) is 12.0. The van der Waals surface area contributed by atoms with Crippen LogP contribution in [0.25, 0.3) is 0 Å². The van der Waals surface area contributed by atoms with Crippen molar-refractivity contribution in [2.45, 2.75) is 24.9 Å². The minimum Gasteiger partial charge on any atom is -0.484 e. The van der Waals surface area contributed by atoms with Crippen LogP contribution in [0.1, 0.15) is 16.7 Å². The number of halogens is 3. The number of aryl methyl sites for hydroxylation is 2. The molecular weight excluding hydrogens is 457 g/mol. The van der Waals surface area contributed by atoms with Gasteiger partial charge in [0.1, 0.15) is 5.75 Å². The fourth-order valence-corrected chi connectivity index (χ4v) is 4.07. The van der Waals surface area contributed by atoms with Gasteiger partial charge in [-0.15, -0.1) is 0 Å². The second-order valence-corrected chi connectivity index (χ2v) is 8.94. The van der Waals surface area contributed by atoms with Gasteiger partial charge >= 0.3 is 6.18 Å². The Labute approximate surface area is 189 Å². The average Bonchev–Trinajstić information content (AvgIpc) is 2.74. The van der Waals surface area contributed by atoms with Gasteiger partial charge < -0.3 is 10.1 Å². The van der Waals surface area contributed by atoms with E-state index in [0.29, 0.717) is 11.8 Å². The number of carbonyl (C=O) groups excluding carboxylic acids is 1. The van der Waals surface area contributed by atoms with Crippen molar-refractivity contribution in [3.05, 3.63) is 83.4 Å². The minimum atomic E-state index is -4.59. The number of para-hydroxylation sites is 1. The lowest BCUT2D eigenvalue weighted by Gasteiger charge is -2.13. The fraction of sp³-hybridized carbons (Fsp3) is 0.174. The van der Waals surface area contributed by atoms with Crippen LogP contribution >= 0.6 is 0 Å². The van der Waals surface area contributed by atoms with Gasteiger partial charge in [-0.2, -0.15) is 13.2 Å². The molecule has 1 amide bonds. The van der Waals surface area contributed by atoms with Gasteiger partial charge in [0.15, 0.2) is 6.61 Å². The molecule has 3 aromatic rings. The maximum atomic E-state index is 12.8. The molecule has 3 rings (SSSR count). The molecule has 0 unspecified atom stereocenters. The van der Waals surface area contributed by atoms with E-state index in [1.54, 1.807) is 0 Å². The van der Waals surface area contributed by atoms with E-state index in [1.807, 2.05) is 32.0 Å². The Morgan fingerprint density at radius 3 is 2.15 bits per heavy atom. The summed E-state index contributed by atoms with van der Waals surface area (Å²) in [5.41, 5.74) is 1.34. The second kappa shape index (κ2) is 9.53. The van der Waals surface area contributed by atoms with E-state index < -0.39 is 21.8 Å². The molecule has 3 aromatic carbocycles. The van der Waals surface area contributed by atoms with Crippen LogP contribution < -0.4 is 14.8 Å². The number of sulfonamides is 1. The number of nitrogens with one attached hydrogen (secondary N) is 2. The first-order valence-electron chi connectivity index (χ1n) is 9.75. The molecular formula is C23H21F3N2O4S. The fourth-order valence-electron chi connectivity index (χ4n) is 3.02. The summed E-state index contributed by atoms with van der Waals surface area (Å²) in [7, 11) is -4.13. The van der Waals surface area contributed by atoms with E-state index in [9.17, 15) is 26.4 Å². The zero-order chi connectivity index (χ0) is 24.2. The number of amides is 1. The number of ether oxygens (including phenoxy) is 1. The number of benzene rings is 3. The molecule has 0 saturated heterocycles. The molecule has 10 heteroatoms. The third kappa shape index (κ3) is 6.26. The van der Waals surface area contributed by atoms with Crippen LogP contribution in [0, 0.1) is 13.8 Å². The summed E-state index contributed by atoms with van der Waals surface area (Å²) in [6.45, 7) is 3.45. The van der Waals surface area contributed by atoms with Crippen molar-refractivity contribution in [2.24, 2.45) is 0 Å². The van der Waals surface area contributed by atoms with Crippen LogP contribution in [0.5, 0.6) is 5.75 Å². The van der Waals surface area contributed by atoms with Crippen LogP contribution in [-0.2, 0) is 21.0 Å². The summed E-state index contributed by atoms with van der Waals surface area (Å²) >= 11 is 0. The van der Waals surface area contributed by atoms with Crippen LogP contribution in [0.15, 0.2) is 71.6 Å². The average molecular weight is 478 g/mol. The lowest BCUT2D eigenvalue weighted by Crippen LogP contribution is -2.21. The summed E-state index contributed by atoms with van der Waals surface area (Å²) in [5.74, 6) is -0.125. The first-order valence-corrected chi connectivity index (χ1v) is 11.2. The Bertz CT molecular complexity index is 1240. The van der Waals surface area contributed by atoms with E-state index in [1.165, 1.54) is 30.3 Å². The first-order chi connectivity index (χ1) is 15.5. The number of anilines is 2. The SMILES string of the molecule is Cc1cccc(C)c1NC(=O)COc1ccc(S(=O)(=O)Nc2cccc(C(F)(F)F)c2)cc1. The third-order valence-electron chi connectivity index (χ3n) is 4.69. The maximum Gasteiger partial charge on any atom is 0.416 e. The van der Waals surface area contributed by atoms with Gasteiger partial charge in [0.05, 0.1) is 10.5 Å². The maximum absolute atomic E-state index is 12.8. The Morgan fingerprint density at radius 2 is 1.55 bits per heavy atom. The van der Waals surface area contributed by atoms with Gasteiger partial charge in [0.2, 0.25) is 0 Å². The predicted octanol–water partition coefficient (Wildman–Crippen LogP) is 5.14. The highest BCUT2D eigenvalue weighted by atomic mass is 32.2. The highest BCUT2D eigenvalue weighted by Crippen LogP contribution is 2.31. The van der Waals surface area contributed by atoms with Crippen molar-refractivity contribution >= 4 is 27.3 Å². The van der Waals surface area contributed by atoms with E-state index in [4.69, 9.17) is 4.74 Å². The molecule has 0 fully saturated rings. The predicted molar refractivity (Wildman–Crippen MR) is 119 cm³/mol. The zero-order valence-corrected chi connectivity index (χ0v) is 18.5. The van der Waals surface area contributed by atoms with Crippen molar-refractivity contribution < 1.29 is 31.1 Å². The number of rotatable bonds is 7. The van der Waals surface area contributed by atoms with Crippen molar-refractivity contribution in [3.8, 4) is 5.75 Å². The minimum absolute atomic E-state index is 0.174. The van der Waals surface area contributed by atoms with Crippen LogP contribution in [0.4, 0.5) is 24.5 Å². The summed E-state index contributed by atoms with van der Waals surface area (Å²) < 4.78 is 71.1. The third-order valence-corrected chi connectivity index (χ3v) is 6.09. The summed E-state index contributed by atoms with van der Waals surface area (Å²) in [5, 5.41) is 2.78. The van der Waals surface area contributed by atoms with Crippen LogP contribution in [-0.4, -0.2) is 20.9 Å². The standard InChI is InChI=1S/C23H21F3N2O4S/c1-15-5-3-6-16(2)22(15)27-21(29)14-32-19-9-11-20(12-10-19)33(30,31)28-18-8-4-7-17(13-18)23(24,25)26/h3-13,28H,14H2,1-2H3,(H,27,29). The number of alkyl halides is 3. The molecule has 0 radical (unpaired) electrons.